The van der Waals surface area contributed by atoms with Crippen molar-refractivity contribution in [3.8, 4) is 0 Å². The predicted molar refractivity (Wildman–Crippen MR) is 88.2 cm³/mol. The fourth-order valence-electron chi connectivity index (χ4n) is 2.02. The molecule has 112 valence electrons. The molecule has 0 aliphatic heterocycles. The summed E-state index contributed by atoms with van der Waals surface area (Å²) in [6, 6.07) is 8.08. The number of carbonyl (C=O) groups excluding carboxylic acids is 1. The number of rotatable bonds is 11. The minimum Gasteiger partial charge on any atom is -0.384 e. The quantitative estimate of drug-likeness (QED) is 0.478. The van der Waals surface area contributed by atoms with Crippen LogP contribution in [0.15, 0.2) is 29.2 Å². The highest BCUT2D eigenvalue weighted by Gasteiger charge is 2.03. The van der Waals surface area contributed by atoms with Gasteiger partial charge in [-0.05, 0) is 18.6 Å². The molecular formula is C16H26N2OS. The summed E-state index contributed by atoms with van der Waals surface area (Å²) < 4.78 is 0. The second kappa shape index (κ2) is 10.6. The first kappa shape index (κ1) is 16.9. The molecule has 0 saturated heterocycles. The topological polar surface area (TPSA) is 55.1 Å². The van der Waals surface area contributed by atoms with Gasteiger partial charge in [-0.2, -0.15) is 0 Å². The van der Waals surface area contributed by atoms with Gasteiger partial charge in [0.15, 0.2) is 0 Å². The average molecular weight is 294 g/mol. The van der Waals surface area contributed by atoms with Gasteiger partial charge in [0, 0.05) is 17.1 Å². The van der Waals surface area contributed by atoms with E-state index >= 15 is 0 Å². The van der Waals surface area contributed by atoms with Gasteiger partial charge in [0.2, 0.25) is 5.91 Å². The molecule has 0 atom stereocenters. The molecule has 0 aliphatic rings. The van der Waals surface area contributed by atoms with E-state index in [2.05, 4.69) is 18.3 Å². The van der Waals surface area contributed by atoms with Crippen LogP contribution < -0.4 is 11.1 Å². The predicted octanol–water partition coefficient (Wildman–Crippen LogP) is 4.04. The molecular weight excluding hydrogens is 268 g/mol. The third kappa shape index (κ3) is 7.43. The first-order chi connectivity index (χ1) is 9.74. The number of thioether (sulfide) groups is 1. The van der Waals surface area contributed by atoms with Crippen LogP contribution in [0.25, 0.3) is 0 Å². The largest absolute Gasteiger partial charge is 0.384 e. The summed E-state index contributed by atoms with van der Waals surface area (Å²) >= 11 is 1.49. The molecule has 1 aromatic carbocycles. The molecule has 3 nitrogen and oxygen atoms in total. The molecule has 20 heavy (non-hydrogen) atoms. The van der Waals surface area contributed by atoms with Gasteiger partial charge in [-0.3, -0.25) is 4.79 Å². The summed E-state index contributed by atoms with van der Waals surface area (Å²) in [5.74, 6) is 0.0520. The molecule has 4 heteroatoms. The summed E-state index contributed by atoms with van der Waals surface area (Å²) in [5.41, 5.74) is 6.29. The Kier molecular flexibility index (Phi) is 8.96. The normalized spacial score (nSPS) is 10.4. The van der Waals surface area contributed by atoms with E-state index in [1.165, 1.54) is 50.3 Å². The molecule has 0 radical (unpaired) electrons. The molecule has 0 aliphatic carbocycles. The van der Waals surface area contributed by atoms with Crippen molar-refractivity contribution in [1.29, 1.82) is 0 Å². The number of nitrogens with two attached hydrogens (primary N) is 1. The zero-order valence-electron chi connectivity index (χ0n) is 12.4. The van der Waals surface area contributed by atoms with Crippen LogP contribution in [-0.2, 0) is 4.79 Å². The second-order valence-corrected chi connectivity index (χ2v) is 5.96. The van der Waals surface area contributed by atoms with E-state index in [1.54, 1.807) is 0 Å². The highest BCUT2D eigenvalue weighted by atomic mass is 32.2. The lowest BCUT2D eigenvalue weighted by molar-refractivity contribution is -0.115. The maximum Gasteiger partial charge on any atom is 0.227 e. The minimum atomic E-state index is -0.277. The maximum absolute atomic E-state index is 10.9. The van der Waals surface area contributed by atoms with Crippen LogP contribution in [-0.4, -0.2) is 18.2 Å². The number of anilines is 1. The molecule has 0 bridgehead atoms. The van der Waals surface area contributed by atoms with Gasteiger partial charge in [0.05, 0.1) is 5.75 Å². The first-order valence-electron chi connectivity index (χ1n) is 7.48. The Morgan fingerprint density at radius 1 is 1.15 bits per heavy atom. The van der Waals surface area contributed by atoms with Gasteiger partial charge in [-0.25, -0.2) is 0 Å². The van der Waals surface area contributed by atoms with Crippen molar-refractivity contribution >= 4 is 23.4 Å². The lowest BCUT2D eigenvalue weighted by atomic mass is 10.1. The molecule has 3 N–H and O–H groups in total. The zero-order chi connectivity index (χ0) is 14.6. The van der Waals surface area contributed by atoms with E-state index in [9.17, 15) is 4.79 Å². The molecule has 1 rings (SSSR count). The number of hydrogen-bond donors (Lipinski definition) is 2. The van der Waals surface area contributed by atoms with Crippen LogP contribution in [0.3, 0.4) is 0 Å². The summed E-state index contributed by atoms with van der Waals surface area (Å²) in [7, 11) is 0. The van der Waals surface area contributed by atoms with Crippen LogP contribution in [0.2, 0.25) is 0 Å². The minimum absolute atomic E-state index is 0.277. The van der Waals surface area contributed by atoms with Crippen molar-refractivity contribution < 1.29 is 4.79 Å². The van der Waals surface area contributed by atoms with Crippen molar-refractivity contribution in [1.82, 2.24) is 0 Å². The van der Waals surface area contributed by atoms with Gasteiger partial charge >= 0.3 is 0 Å². The first-order valence-corrected chi connectivity index (χ1v) is 8.46. The molecule has 0 aromatic heterocycles. The smallest absolute Gasteiger partial charge is 0.227 e. The zero-order valence-corrected chi connectivity index (χ0v) is 13.2. The van der Waals surface area contributed by atoms with Crippen LogP contribution in [0.5, 0.6) is 0 Å². The van der Waals surface area contributed by atoms with Crippen LogP contribution in [0.4, 0.5) is 5.69 Å². The van der Waals surface area contributed by atoms with Crippen LogP contribution in [0, 0.1) is 0 Å². The van der Waals surface area contributed by atoms with Gasteiger partial charge in [0.1, 0.15) is 0 Å². The molecule has 0 spiro atoms. The van der Waals surface area contributed by atoms with E-state index in [4.69, 9.17) is 5.73 Å². The Bertz CT molecular complexity index is 396. The van der Waals surface area contributed by atoms with Crippen molar-refractivity contribution in [2.45, 2.75) is 50.3 Å². The van der Waals surface area contributed by atoms with Crippen molar-refractivity contribution in [2.24, 2.45) is 5.73 Å². The Hall–Kier alpha value is -1.16. The monoisotopic (exact) mass is 294 g/mol. The highest BCUT2D eigenvalue weighted by Crippen LogP contribution is 2.26. The third-order valence-corrected chi connectivity index (χ3v) is 4.20. The Morgan fingerprint density at radius 3 is 2.60 bits per heavy atom. The average Bonchev–Trinajstić information content (AvgIpc) is 2.45. The lowest BCUT2D eigenvalue weighted by Crippen LogP contribution is -2.13. The number of unbranched alkanes of at least 4 members (excludes halogenated alkanes) is 5. The number of carbonyl (C=O) groups is 1. The fraction of sp³-hybridized carbons (Fsp3) is 0.562. The molecule has 1 aromatic rings. The number of primary amides is 1. The van der Waals surface area contributed by atoms with E-state index < -0.39 is 0 Å². The number of para-hydroxylation sites is 1. The molecule has 0 heterocycles. The van der Waals surface area contributed by atoms with E-state index in [0.29, 0.717) is 5.75 Å². The van der Waals surface area contributed by atoms with Crippen molar-refractivity contribution in [2.75, 3.05) is 17.6 Å². The van der Waals surface area contributed by atoms with E-state index in [0.717, 1.165) is 17.1 Å². The standard InChI is InChI=1S/C16H26N2OS/c1-2-3-4-5-6-9-12-18-14-10-7-8-11-15(14)20-13-16(17)19/h7-8,10-11,18H,2-6,9,12-13H2,1H3,(H2,17,19). The lowest BCUT2D eigenvalue weighted by Gasteiger charge is -2.11. The number of amides is 1. The fourth-order valence-corrected chi connectivity index (χ4v) is 2.78. The highest BCUT2D eigenvalue weighted by molar-refractivity contribution is 8.00. The van der Waals surface area contributed by atoms with E-state index in [1.807, 2.05) is 18.2 Å². The van der Waals surface area contributed by atoms with Gasteiger partial charge < -0.3 is 11.1 Å². The summed E-state index contributed by atoms with van der Waals surface area (Å²) in [4.78, 5) is 11.9. The van der Waals surface area contributed by atoms with Crippen molar-refractivity contribution in [3.05, 3.63) is 24.3 Å². The molecule has 1 amide bonds. The van der Waals surface area contributed by atoms with Gasteiger partial charge in [-0.15, -0.1) is 11.8 Å². The Balaban J connectivity index is 2.26. The summed E-state index contributed by atoms with van der Waals surface area (Å²) in [6.07, 6.45) is 7.79. The number of nitrogens with one attached hydrogen (secondary N) is 1. The van der Waals surface area contributed by atoms with E-state index in [-0.39, 0.29) is 5.91 Å². The van der Waals surface area contributed by atoms with Gasteiger partial charge in [-0.1, -0.05) is 51.2 Å². The number of hydrogen-bond acceptors (Lipinski definition) is 3. The van der Waals surface area contributed by atoms with Crippen LogP contribution >= 0.6 is 11.8 Å². The molecule has 0 fully saturated rings. The number of benzene rings is 1. The van der Waals surface area contributed by atoms with Crippen molar-refractivity contribution in [3.63, 3.8) is 0 Å². The Morgan fingerprint density at radius 2 is 1.85 bits per heavy atom. The maximum atomic E-state index is 10.9. The Labute approximate surface area is 126 Å². The molecule has 0 saturated carbocycles. The summed E-state index contributed by atoms with van der Waals surface area (Å²) in [6.45, 7) is 3.22. The summed E-state index contributed by atoms with van der Waals surface area (Å²) in [5, 5.41) is 3.45. The third-order valence-electron chi connectivity index (χ3n) is 3.10. The second-order valence-electron chi connectivity index (χ2n) is 4.95. The van der Waals surface area contributed by atoms with Gasteiger partial charge in [0.25, 0.3) is 0 Å². The molecule has 0 unspecified atom stereocenters. The SMILES string of the molecule is CCCCCCCCNc1ccccc1SCC(N)=O. The van der Waals surface area contributed by atoms with Crippen LogP contribution in [0.1, 0.15) is 45.4 Å².